The summed E-state index contributed by atoms with van der Waals surface area (Å²) in [6.45, 7) is 17.0. The summed E-state index contributed by atoms with van der Waals surface area (Å²) in [6, 6.07) is 6.48. The second-order valence-corrected chi connectivity index (χ2v) is 8.41. The second kappa shape index (κ2) is 8.87. The van der Waals surface area contributed by atoms with Crippen molar-refractivity contribution >= 4 is 0 Å². The predicted molar refractivity (Wildman–Crippen MR) is 100 cm³/mol. The fraction of sp³-hybridized carbons (Fsp3) is 0.714. The lowest BCUT2D eigenvalue weighted by atomic mass is 9.86. The van der Waals surface area contributed by atoms with E-state index in [4.69, 9.17) is 9.47 Å². The third kappa shape index (κ3) is 6.10. The van der Waals surface area contributed by atoms with Gasteiger partial charge in [-0.05, 0) is 42.4 Å². The van der Waals surface area contributed by atoms with Crippen LogP contribution in [0.5, 0.6) is 5.75 Å². The van der Waals surface area contributed by atoms with E-state index in [-0.39, 0.29) is 5.41 Å². The van der Waals surface area contributed by atoms with Crippen LogP contribution >= 0.6 is 0 Å². The maximum Gasteiger partial charge on any atom is 0.123 e. The van der Waals surface area contributed by atoms with Gasteiger partial charge in [-0.3, -0.25) is 0 Å². The van der Waals surface area contributed by atoms with Crippen molar-refractivity contribution < 1.29 is 14.4 Å². The van der Waals surface area contributed by atoms with Crippen molar-refractivity contribution in [2.75, 3.05) is 39.5 Å². The van der Waals surface area contributed by atoms with Gasteiger partial charge < -0.3 is 14.4 Å². The summed E-state index contributed by atoms with van der Waals surface area (Å²) in [5.41, 5.74) is 2.60. The monoisotopic (exact) mass is 334 g/mol. The highest BCUT2D eigenvalue weighted by molar-refractivity contribution is 5.41. The predicted octanol–water partition coefficient (Wildman–Crippen LogP) is 3.00. The lowest BCUT2D eigenvalue weighted by molar-refractivity contribution is -0.908. The summed E-state index contributed by atoms with van der Waals surface area (Å²) in [7, 11) is 0. The highest BCUT2D eigenvalue weighted by Gasteiger charge is 2.20. The van der Waals surface area contributed by atoms with E-state index in [9.17, 15) is 0 Å². The van der Waals surface area contributed by atoms with Crippen molar-refractivity contribution in [3.05, 3.63) is 29.3 Å². The fourth-order valence-electron chi connectivity index (χ4n) is 3.52. The van der Waals surface area contributed by atoms with E-state index in [1.807, 2.05) is 0 Å². The second-order valence-electron chi connectivity index (χ2n) is 8.41. The van der Waals surface area contributed by atoms with Crippen LogP contribution in [0.2, 0.25) is 0 Å². The van der Waals surface area contributed by atoms with Gasteiger partial charge in [0, 0.05) is 5.92 Å². The van der Waals surface area contributed by atoms with Gasteiger partial charge in [-0.1, -0.05) is 39.8 Å². The van der Waals surface area contributed by atoms with Gasteiger partial charge in [0.25, 0.3) is 0 Å². The largest absolute Gasteiger partial charge is 0.491 e. The zero-order chi connectivity index (χ0) is 17.6. The van der Waals surface area contributed by atoms with E-state index < -0.39 is 0 Å². The van der Waals surface area contributed by atoms with Crippen molar-refractivity contribution in [2.24, 2.45) is 5.92 Å². The topological polar surface area (TPSA) is 22.9 Å². The minimum atomic E-state index is 0.0954. The lowest BCUT2D eigenvalue weighted by Crippen LogP contribution is -3.14. The molecule has 0 amide bonds. The van der Waals surface area contributed by atoms with Crippen molar-refractivity contribution in [1.82, 2.24) is 0 Å². The first-order valence-corrected chi connectivity index (χ1v) is 9.51. The normalized spacial score (nSPS) is 21.7. The van der Waals surface area contributed by atoms with Crippen LogP contribution < -0.4 is 9.64 Å². The van der Waals surface area contributed by atoms with Gasteiger partial charge in [0.15, 0.2) is 0 Å². The molecule has 1 saturated heterocycles. The Bertz CT molecular complexity index is 507. The standard InChI is InChI=1S/C21H35NO2/c1-17-8-9-19(21(3,4)5)20(15-17)24-14-13-23-12-11-22-10-6-7-18(2)16-22/h8-9,15,18H,6-7,10-14,16H2,1-5H3/p+1/t18-/m1/s1. The Balaban J connectivity index is 1.70. The zero-order valence-corrected chi connectivity index (χ0v) is 16.3. The van der Waals surface area contributed by atoms with E-state index in [0.717, 1.165) is 24.8 Å². The van der Waals surface area contributed by atoms with Gasteiger partial charge in [0.05, 0.1) is 26.3 Å². The summed E-state index contributed by atoms with van der Waals surface area (Å²) in [5, 5.41) is 0. The quantitative estimate of drug-likeness (QED) is 0.775. The minimum Gasteiger partial charge on any atom is -0.491 e. The first-order chi connectivity index (χ1) is 11.4. The number of nitrogens with one attached hydrogen (secondary N) is 1. The van der Waals surface area contributed by atoms with Gasteiger partial charge in [-0.25, -0.2) is 0 Å². The smallest absolute Gasteiger partial charge is 0.123 e. The van der Waals surface area contributed by atoms with Gasteiger partial charge >= 0.3 is 0 Å². The van der Waals surface area contributed by atoms with Crippen LogP contribution in [0.3, 0.4) is 0 Å². The first kappa shape index (κ1) is 19.3. The first-order valence-electron chi connectivity index (χ1n) is 9.51. The average molecular weight is 335 g/mol. The molecule has 0 saturated carbocycles. The van der Waals surface area contributed by atoms with Crippen molar-refractivity contribution in [1.29, 1.82) is 0 Å². The van der Waals surface area contributed by atoms with Crippen molar-refractivity contribution in [3.63, 3.8) is 0 Å². The Morgan fingerprint density at radius 1 is 1.17 bits per heavy atom. The number of hydrogen-bond acceptors (Lipinski definition) is 2. The summed E-state index contributed by atoms with van der Waals surface area (Å²) < 4.78 is 11.8. The lowest BCUT2D eigenvalue weighted by Gasteiger charge is -2.27. The summed E-state index contributed by atoms with van der Waals surface area (Å²) in [5.74, 6) is 1.87. The third-order valence-electron chi connectivity index (χ3n) is 4.89. The Labute approximate surface area is 148 Å². The number of hydrogen-bond donors (Lipinski definition) is 1. The number of ether oxygens (including phenoxy) is 2. The Morgan fingerprint density at radius 3 is 2.67 bits per heavy atom. The minimum absolute atomic E-state index is 0.0954. The number of quaternary nitrogens is 1. The molecule has 0 radical (unpaired) electrons. The number of likely N-dealkylation sites (tertiary alicyclic amines) is 1. The molecular weight excluding hydrogens is 298 g/mol. The molecule has 136 valence electrons. The van der Waals surface area contributed by atoms with Crippen LogP contribution in [0.4, 0.5) is 0 Å². The van der Waals surface area contributed by atoms with Crippen LogP contribution in [0.1, 0.15) is 51.7 Å². The van der Waals surface area contributed by atoms with Crippen LogP contribution in [0.15, 0.2) is 18.2 Å². The summed E-state index contributed by atoms with van der Waals surface area (Å²) in [6.07, 6.45) is 2.76. The average Bonchev–Trinajstić information content (AvgIpc) is 2.49. The van der Waals surface area contributed by atoms with E-state index in [1.165, 1.54) is 37.1 Å². The molecule has 1 aromatic rings. The third-order valence-corrected chi connectivity index (χ3v) is 4.89. The Kier molecular flexibility index (Phi) is 7.12. The van der Waals surface area contributed by atoms with Crippen LogP contribution in [-0.2, 0) is 10.2 Å². The van der Waals surface area contributed by atoms with E-state index in [1.54, 1.807) is 4.90 Å². The molecule has 1 N–H and O–H groups in total. The van der Waals surface area contributed by atoms with Gasteiger partial charge in [0.2, 0.25) is 0 Å². The van der Waals surface area contributed by atoms with E-state index in [0.29, 0.717) is 13.2 Å². The molecule has 0 spiro atoms. The molecule has 1 aliphatic rings. The molecular formula is C21H36NO2+. The molecule has 0 aromatic heterocycles. The van der Waals surface area contributed by atoms with Crippen LogP contribution in [0.25, 0.3) is 0 Å². The molecule has 1 aliphatic heterocycles. The maximum absolute atomic E-state index is 6.02. The molecule has 1 aromatic carbocycles. The van der Waals surface area contributed by atoms with Crippen molar-refractivity contribution in [3.8, 4) is 5.75 Å². The molecule has 0 aliphatic carbocycles. The Hall–Kier alpha value is -1.06. The Morgan fingerprint density at radius 2 is 1.96 bits per heavy atom. The van der Waals surface area contributed by atoms with Crippen LogP contribution in [0, 0.1) is 12.8 Å². The molecule has 3 nitrogen and oxygen atoms in total. The molecule has 2 rings (SSSR count). The van der Waals surface area contributed by atoms with E-state index >= 15 is 0 Å². The van der Waals surface area contributed by atoms with Gasteiger partial charge in [-0.2, -0.15) is 0 Å². The molecule has 0 bridgehead atoms. The van der Waals surface area contributed by atoms with Gasteiger partial charge in [-0.15, -0.1) is 0 Å². The zero-order valence-electron chi connectivity index (χ0n) is 16.3. The fourth-order valence-corrected chi connectivity index (χ4v) is 3.52. The molecule has 1 fully saturated rings. The highest BCUT2D eigenvalue weighted by Crippen LogP contribution is 2.31. The van der Waals surface area contributed by atoms with Crippen molar-refractivity contribution in [2.45, 2.75) is 52.9 Å². The number of benzene rings is 1. The molecule has 24 heavy (non-hydrogen) atoms. The van der Waals surface area contributed by atoms with Gasteiger partial charge in [0.1, 0.15) is 18.9 Å². The molecule has 1 unspecified atom stereocenters. The SMILES string of the molecule is Cc1ccc(C(C)(C)C)c(OCCOCC[NH+]2CCC[C@@H](C)C2)c1. The summed E-state index contributed by atoms with van der Waals surface area (Å²) >= 11 is 0. The number of aryl methyl sites for hydroxylation is 1. The van der Waals surface area contributed by atoms with E-state index in [2.05, 4.69) is 52.8 Å². The van der Waals surface area contributed by atoms with Crippen LogP contribution in [-0.4, -0.2) is 39.5 Å². The maximum atomic E-state index is 6.02. The number of rotatable bonds is 7. The molecule has 1 heterocycles. The molecule has 3 heteroatoms. The molecule has 2 atom stereocenters. The highest BCUT2D eigenvalue weighted by atomic mass is 16.5. The number of piperidine rings is 1. The summed E-state index contributed by atoms with van der Waals surface area (Å²) in [4.78, 5) is 1.70.